The van der Waals surface area contributed by atoms with Crippen molar-refractivity contribution in [3.05, 3.63) is 40.9 Å². The molecule has 0 bridgehead atoms. The first-order chi connectivity index (χ1) is 13.9. The molecule has 1 aliphatic heterocycles. The molecule has 29 heavy (non-hydrogen) atoms. The molecule has 2 amide bonds. The highest BCUT2D eigenvalue weighted by Gasteiger charge is 2.25. The molecule has 0 fully saturated rings. The zero-order valence-corrected chi connectivity index (χ0v) is 17.3. The van der Waals surface area contributed by atoms with Gasteiger partial charge in [-0.15, -0.1) is 0 Å². The van der Waals surface area contributed by atoms with Gasteiger partial charge in [0.05, 0.1) is 30.6 Å². The molecule has 7 nitrogen and oxygen atoms in total. The van der Waals surface area contributed by atoms with Crippen LogP contribution in [0, 0.1) is 6.92 Å². The van der Waals surface area contributed by atoms with E-state index in [1.54, 1.807) is 17.0 Å². The number of hydrogen-bond donors (Lipinski definition) is 1. The summed E-state index contributed by atoms with van der Waals surface area (Å²) in [5.41, 5.74) is 2.24. The molecular weight excluding hydrogens is 396 g/mol. The monoisotopic (exact) mass is 418 g/mol. The van der Waals surface area contributed by atoms with Gasteiger partial charge in [0.25, 0.3) is 5.91 Å². The van der Waals surface area contributed by atoms with Crippen molar-refractivity contribution in [1.82, 2.24) is 0 Å². The number of fused-ring (bicyclic) bond motifs is 1. The molecule has 1 N–H and O–H groups in total. The predicted molar refractivity (Wildman–Crippen MR) is 111 cm³/mol. The van der Waals surface area contributed by atoms with E-state index in [1.807, 2.05) is 25.1 Å². The topological polar surface area (TPSA) is 77.1 Å². The number of nitrogens with zero attached hydrogens (tertiary/aromatic N) is 1. The van der Waals surface area contributed by atoms with E-state index in [-0.39, 0.29) is 24.8 Å². The molecule has 0 aliphatic carbocycles. The van der Waals surface area contributed by atoms with Gasteiger partial charge in [0, 0.05) is 19.0 Å². The number of rotatable bonds is 7. The highest BCUT2D eigenvalue weighted by molar-refractivity contribution is 6.32. The number of carbonyl (C=O) groups excluding carboxylic acids is 2. The van der Waals surface area contributed by atoms with Gasteiger partial charge in [0.15, 0.2) is 6.61 Å². The molecule has 8 heteroatoms. The molecule has 1 aliphatic rings. The summed E-state index contributed by atoms with van der Waals surface area (Å²) in [4.78, 5) is 26.3. The summed E-state index contributed by atoms with van der Waals surface area (Å²) in [5.74, 6) is 1.27. The van der Waals surface area contributed by atoms with Gasteiger partial charge in [-0.25, -0.2) is 0 Å². The van der Waals surface area contributed by atoms with E-state index in [2.05, 4.69) is 5.32 Å². The lowest BCUT2D eigenvalue weighted by Gasteiger charge is -2.29. The van der Waals surface area contributed by atoms with Crippen molar-refractivity contribution >= 4 is 34.8 Å². The third kappa shape index (κ3) is 4.74. The van der Waals surface area contributed by atoms with Crippen LogP contribution in [0.25, 0.3) is 0 Å². The Morgan fingerprint density at radius 2 is 1.97 bits per heavy atom. The van der Waals surface area contributed by atoms with Crippen molar-refractivity contribution in [2.24, 2.45) is 0 Å². The van der Waals surface area contributed by atoms with E-state index >= 15 is 0 Å². The van der Waals surface area contributed by atoms with Gasteiger partial charge in [-0.05, 0) is 37.1 Å². The number of nitrogens with one attached hydrogen (secondary N) is 1. The molecule has 0 atom stereocenters. The smallest absolute Gasteiger partial charge is 0.265 e. The first-order valence-electron chi connectivity index (χ1n) is 9.18. The second kappa shape index (κ2) is 9.05. The molecule has 0 saturated heterocycles. The van der Waals surface area contributed by atoms with Crippen LogP contribution in [0.15, 0.2) is 30.3 Å². The number of amides is 2. The number of benzene rings is 2. The second-order valence-electron chi connectivity index (χ2n) is 6.64. The number of carbonyl (C=O) groups is 2. The zero-order valence-electron chi connectivity index (χ0n) is 16.6. The molecule has 0 spiro atoms. The van der Waals surface area contributed by atoms with E-state index in [0.29, 0.717) is 40.9 Å². The summed E-state index contributed by atoms with van der Waals surface area (Å²) in [6.45, 7) is 2.38. The largest absolute Gasteiger partial charge is 0.495 e. The van der Waals surface area contributed by atoms with Crippen molar-refractivity contribution in [1.29, 1.82) is 0 Å². The standard InChI is InChI=1S/C21H23ClN2O5/c1-13-6-7-17-16(9-13)24(21(26)12-29-17)8-4-5-20(25)23-15-10-14(22)18(27-2)11-19(15)28-3/h6-7,9-11H,4-5,8,12H2,1-3H3,(H,23,25). The van der Waals surface area contributed by atoms with Crippen molar-refractivity contribution in [3.63, 3.8) is 0 Å². The van der Waals surface area contributed by atoms with E-state index in [9.17, 15) is 9.59 Å². The molecule has 0 radical (unpaired) electrons. The quantitative estimate of drug-likeness (QED) is 0.739. The maximum Gasteiger partial charge on any atom is 0.265 e. The summed E-state index contributed by atoms with van der Waals surface area (Å²) in [7, 11) is 3.01. The number of anilines is 2. The van der Waals surface area contributed by atoms with Crippen molar-refractivity contribution < 1.29 is 23.8 Å². The van der Waals surface area contributed by atoms with Crippen molar-refractivity contribution in [2.75, 3.05) is 37.6 Å². The Kier molecular flexibility index (Phi) is 6.49. The molecule has 0 aromatic heterocycles. The van der Waals surface area contributed by atoms with Crippen molar-refractivity contribution in [3.8, 4) is 17.2 Å². The molecule has 2 aromatic carbocycles. The van der Waals surface area contributed by atoms with E-state index < -0.39 is 0 Å². The fourth-order valence-electron chi connectivity index (χ4n) is 3.13. The van der Waals surface area contributed by atoms with Gasteiger partial charge in [0.2, 0.25) is 5.91 Å². The molecule has 2 aromatic rings. The fraction of sp³-hybridized carbons (Fsp3) is 0.333. The average molecular weight is 419 g/mol. The van der Waals surface area contributed by atoms with Crippen LogP contribution in [-0.4, -0.2) is 39.2 Å². The molecule has 154 valence electrons. The molecule has 0 unspecified atom stereocenters. The number of aryl methyl sites for hydroxylation is 1. The van der Waals surface area contributed by atoms with E-state index in [4.69, 9.17) is 25.8 Å². The van der Waals surface area contributed by atoms with Crippen LogP contribution < -0.4 is 24.4 Å². The fourth-order valence-corrected chi connectivity index (χ4v) is 3.37. The lowest BCUT2D eigenvalue weighted by molar-refractivity contribution is -0.121. The minimum atomic E-state index is -0.199. The number of methoxy groups -OCH3 is 2. The Morgan fingerprint density at radius 1 is 1.21 bits per heavy atom. The highest BCUT2D eigenvalue weighted by atomic mass is 35.5. The van der Waals surface area contributed by atoms with E-state index in [1.165, 1.54) is 14.2 Å². The van der Waals surface area contributed by atoms with Gasteiger partial charge < -0.3 is 24.4 Å². The Balaban J connectivity index is 1.62. The molecular formula is C21H23ClN2O5. The SMILES string of the molecule is COc1cc(OC)c(NC(=O)CCCN2C(=O)COc3ccc(C)cc32)cc1Cl. The highest BCUT2D eigenvalue weighted by Crippen LogP contribution is 2.36. The Morgan fingerprint density at radius 3 is 2.69 bits per heavy atom. The van der Waals surface area contributed by atoms with Crippen LogP contribution in [0.3, 0.4) is 0 Å². The van der Waals surface area contributed by atoms with Gasteiger partial charge in [-0.2, -0.15) is 0 Å². The summed E-state index contributed by atoms with van der Waals surface area (Å²) in [5, 5.41) is 3.17. The first-order valence-corrected chi connectivity index (χ1v) is 9.56. The van der Waals surface area contributed by atoms with Crippen LogP contribution in [0.4, 0.5) is 11.4 Å². The number of hydrogen-bond acceptors (Lipinski definition) is 5. The molecule has 3 rings (SSSR count). The Labute approximate surface area is 174 Å². The summed E-state index contributed by atoms with van der Waals surface area (Å²) in [6, 6.07) is 8.91. The van der Waals surface area contributed by atoms with Gasteiger partial charge >= 0.3 is 0 Å². The Hall–Kier alpha value is -2.93. The number of halogens is 1. The molecule has 1 heterocycles. The maximum atomic E-state index is 12.4. The van der Waals surface area contributed by atoms with Crippen LogP contribution in [0.1, 0.15) is 18.4 Å². The van der Waals surface area contributed by atoms with Crippen LogP contribution >= 0.6 is 11.6 Å². The summed E-state index contributed by atoms with van der Waals surface area (Å²) in [6.07, 6.45) is 0.732. The normalized spacial score (nSPS) is 12.8. The lowest BCUT2D eigenvalue weighted by atomic mass is 10.1. The third-order valence-corrected chi connectivity index (χ3v) is 4.89. The zero-order chi connectivity index (χ0) is 21.0. The Bertz CT molecular complexity index is 932. The maximum absolute atomic E-state index is 12.4. The predicted octanol–water partition coefficient (Wildman–Crippen LogP) is 3.81. The van der Waals surface area contributed by atoms with Gasteiger partial charge in [-0.3, -0.25) is 9.59 Å². The van der Waals surface area contributed by atoms with Gasteiger partial charge in [0.1, 0.15) is 17.2 Å². The summed E-state index contributed by atoms with van der Waals surface area (Å²) < 4.78 is 15.9. The average Bonchev–Trinajstić information content (AvgIpc) is 2.70. The van der Waals surface area contributed by atoms with E-state index in [0.717, 1.165) is 11.3 Å². The minimum absolute atomic E-state index is 0.00377. The third-order valence-electron chi connectivity index (χ3n) is 4.59. The first kappa shape index (κ1) is 20.8. The van der Waals surface area contributed by atoms with Crippen LogP contribution in [0.5, 0.6) is 17.2 Å². The second-order valence-corrected chi connectivity index (χ2v) is 7.05. The summed E-state index contributed by atoms with van der Waals surface area (Å²) >= 11 is 6.14. The van der Waals surface area contributed by atoms with Gasteiger partial charge in [-0.1, -0.05) is 17.7 Å². The van der Waals surface area contributed by atoms with Crippen LogP contribution in [-0.2, 0) is 9.59 Å². The molecule has 0 saturated carbocycles. The van der Waals surface area contributed by atoms with Crippen molar-refractivity contribution in [2.45, 2.75) is 19.8 Å². The number of ether oxygens (including phenoxy) is 3. The minimum Gasteiger partial charge on any atom is -0.495 e. The van der Waals surface area contributed by atoms with Crippen LogP contribution in [0.2, 0.25) is 5.02 Å². The lowest BCUT2D eigenvalue weighted by Crippen LogP contribution is -2.39.